The van der Waals surface area contributed by atoms with Gasteiger partial charge in [0.1, 0.15) is 11.8 Å². The van der Waals surface area contributed by atoms with Crippen LogP contribution < -0.4 is 23.7 Å². The van der Waals surface area contributed by atoms with Gasteiger partial charge < -0.3 is 38.6 Å². The number of hydroxylamine groups is 3. The van der Waals surface area contributed by atoms with E-state index in [0.717, 1.165) is 36.1 Å². The number of nitrogens with zero attached hydrogens (tertiary/aromatic N) is 2. The van der Waals surface area contributed by atoms with Crippen molar-refractivity contribution in [3.63, 3.8) is 0 Å². The fourth-order valence-electron chi connectivity index (χ4n) is 7.23. The first kappa shape index (κ1) is 30.2. The second kappa shape index (κ2) is 11.7. The van der Waals surface area contributed by atoms with Crippen molar-refractivity contribution in [2.75, 3.05) is 48.5 Å². The zero-order chi connectivity index (χ0) is 32.2. The van der Waals surface area contributed by atoms with E-state index in [1.54, 1.807) is 21.3 Å². The lowest BCUT2D eigenvalue weighted by molar-refractivity contribution is -0.894. The molecule has 9 nitrogen and oxygen atoms in total. The summed E-state index contributed by atoms with van der Waals surface area (Å²) in [4.78, 5) is 2.36. The van der Waals surface area contributed by atoms with Crippen molar-refractivity contribution in [2.45, 2.75) is 37.8 Å². The van der Waals surface area contributed by atoms with Crippen LogP contribution in [0.3, 0.4) is 0 Å². The molecule has 8 rings (SSSR count). The number of aromatic hydroxyl groups is 1. The first-order valence-corrected chi connectivity index (χ1v) is 15.7. The van der Waals surface area contributed by atoms with Gasteiger partial charge >= 0.3 is 0 Å². The van der Waals surface area contributed by atoms with E-state index in [4.69, 9.17) is 23.7 Å². The Kier molecular flexibility index (Phi) is 7.71. The monoisotopic (exact) mass is 624 g/mol. The summed E-state index contributed by atoms with van der Waals surface area (Å²) in [6, 6.07) is 19.3. The molecule has 6 bridgehead atoms. The maximum Gasteiger partial charge on any atom is 0.201 e. The minimum Gasteiger partial charge on any atom is -0.633 e. The minimum absolute atomic E-state index is 0.0848. The van der Waals surface area contributed by atoms with Crippen LogP contribution in [0.25, 0.3) is 0 Å². The van der Waals surface area contributed by atoms with Crippen molar-refractivity contribution >= 4 is 0 Å². The van der Waals surface area contributed by atoms with Gasteiger partial charge in [-0.15, -0.1) is 0 Å². The van der Waals surface area contributed by atoms with Gasteiger partial charge in [-0.3, -0.25) is 4.90 Å². The van der Waals surface area contributed by atoms with Gasteiger partial charge in [0, 0.05) is 25.4 Å². The number of rotatable bonds is 3. The Morgan fingerprint density at radius 3 is 2.24 bits per heavy atom. The molecule has 4 heterocycles. The molecular formula is C37H40N2O7. The number of hydrogen-bond acceptors (Lipinski definition) is 8. The largest absolute Gasteiger partial charge is 0.633 e. The van der Waals surface area contributed by atoms with Crippen molar-refractivity contribution in [2.24, 2.45) is 0 Å². The predicted molar refractivity (Wildman–Crippen MR) is 175 cm³/mol. The highest BCUT2D eigenvalue weighted by molar-refractivity contribution is 5.63. The molecule has 0 saturated carbocycles. The van der Waals surface area contributed by atoms with Gasteiger partial charge in [0.05, 0.1) is 40.5 Å². The Labute approximate surface area is 269 Å². The van der Waals surface area contributed by atoms with Gasteiger partial charge in [-0.05, 0) is 90.2 Å². The van der Waals surface area contributed by atoms with E-state index in [-0.39, 0.29) is 17.5 Å². The van der Waals surface area contributed by atoms with Gasteiger partial charge in [-0.1, -0.05) is 18.2 Å². The van der Waals surface area contributed by atoms with Crippen LogP contribution in [-0.2, 0) is 25.7 Å². The molecule has 1 N–H and O–H groups in total. The van der Waals surface area contributed by atoms with Crippen molar-refractivity contribution in [3.8, 4) is 46.0 Å². The summed E-state index contributed by atoms with van der Waals surface area (Å²) in [5, 5.41) is 25.9. The zero-order valence-electron chi connectivity index (χ0n) is 27.0. The summed E-state index contributed by atoms with van der Waals surface area (Å²) in [7, 11) is 8.59. The molecule has 0 saturated heterocycles. The topological polar surface area (TPSA) is 92.7 Å². The van der Waals surface area contributed by atoms with Gasteiger partial charge in [-0.2, -0.15) is 0 Å². The summed E-state index contributed by atoms with van der Waals surface area (Å²) in [6.07, 6.45) is 2.55. The number of hydrogen-bond donors (Lipinski definition) is 1. The second-order valence-corrected chi connectivity index (χ2v) is 12.7. The van der Waals surface area contributed by atoms with Crippen LogP contribution in [-0.4, -0.2) is 63.2 Å². The zero-order valence-corrected chi connectivity index (χ0v) is 27.0. The third kappa shape index (κ3) is 5.28. The normalized spacial score (nSPS) is 22.0. The third-order valence-electron chi connectivity index (χ3n) is 9.88. The van der Waals surface area contributed by atoms with E-state index >= 15 is 0 Å². The number of methoxy groups -OCH3 is 3. The molecule has 0 aliphatic carbocycles. The lowest BCUT2D eigenvalue weighted by Crippen LogP contribution is -2.47. The first-order valence-electron chi connectivity index (χ1n) is 15.7. The molecule has 0 amide bonds. The van der Waals surface area contributed by atoms with Crippen molar-refractivity contribution < 1.29 is 33.4 Å². The molecule has 0 aromatic heterocycles. The van der Waals surface area contributed by atoms with E-state index < -0.39 is 10.7 Å². The molecule has 3 atom stereocenters. The highest BCUT2D eigenvalue weighted by atomic mass is 16.5. The Balaban J connectivity index is 1.47. The van der Waals surface area contributed by atoms with E-state index in [1.807, 2.05) is 48.5 Å². The number of fused-ring (bicyclic) bond motifs is 2. The van der Waals surface area contributed by atoms with Gasteiger partial charge in [0.25, 0.3) is 0 Å². The fraction of sp³-hybridized carbons (Fsp3) is 0.351. The van der Waals surface area contributed by atoms with Crippen LogP contribution in [0.15, 0.2) is 60.7 Å². The van der Waals surface area contributed by atoms with Crippen LogP contribution in [0.4, 0.5) is 0 Å². The Bertz CT molecular complexity index is 1790. The van der Waals surface area contributed by atoms with E-state index in [1.165, 1.54) is 18.2 Å². The van der Waals surface area contributed by atoms with Crippen LogP contribution in [0, 0.1) is 5.21 Å². The van der Waals surface area contributed by atoms with Gasteiger partial charge in [-0.25, -0.2) is 0 Å². The lowest BCUT2D eigenvalue weighted by atomic mass is 9.86. The molecule has 4 aromatic carbocycles. The maximum atomic E-state index is 14.3. The quantitative estimate of drug-likeness (QED) is 0.195. The molecule has 240 valence electrons. The number of ether oxygens (including phenoxy) is 5. The second-order valence-electron chi connectivity index (χ2n) is 12.7. The summed E-state index contributed by atoms with van der Waals surface area (Å²) in [5.41, 5.74) is 5.99. The smallest absolute Gasteiger partial charge is 0.201 e. The third-order valence-corrected chi connectivity index (χ3v) is 9.88. The number of likely N-dealkylation sites (N-methyl/N-ethyl adjacent to an activating group) is 2. The molecule has 4 aliphatic rings. The summed E-state index contributed by atoms with van der Waals surface area (Å²) < 4.78 is 29.7. The Hall–Kier alpha value is -4.44. The molecule has 46 heavy (non-hydrogen) atoms. The fourth-order valence-corrected chi connectivity index (χ4v) is 7.23. The summed E-state index contributed by atoms with van der Waals surface area (Å²) in [5.74, 6) is 3.29. The van der Waals surface area contributed by atoms with E-state index in [0.29, 0.717) is 59.4 Å². The van der Waals surface area contributed by atoms with Crippen molar-refractivity contribution in [3.05, 3.63) is 99.3 Å². The Morgan fingerprint density at radius 2 is 1.50 bits per heavy atom. The van der Waals surface area contributed by atoms with Crippen LogP contribution >= 0.6 is 0 Å². The minimum atomic E-state index is -0.586. The van der Waals surface area contributed by atoms with E-state index in [2.05, 4.69) is 24.1 Å². The standard InChI is InChI=1S/C37H40N2O7/c1-38-14-12-24-19-31(43-4)33-21-27(24)28(38)16-22-6-9-26(10-7-22)45-32-18-23(8-11-30(32)42-3)17-29-35-25(13-15-39(29,2)41)20-34(44-5)36(40)37(35)46-33/h6-11,18-21,28-29,40H,12-17H2,1-5H3/t28-,29-,39?/m1/s1. The van der Waals surface area contributed by atoms with Crippen LogP contribution in [0.2, 0.25) is 0 Å². The Morgan fingerprint density at radius 1 is 0.804 bits per heavy atom. The van der Waals surface area contributed by atoms with Crippen molar-refractivity contribution in [1.29, 1.82) is 0 Å². The molecule has 0 fully saturated rings. The number of phenols is 1. The highest BCUT2D eigenvalue weighted by Crippen LogP contribution is 2.52. The van der Waals surface area contributed by atoms with Crippen molar-refractivity contribution in [1.82, 2.24) is 4.90 Å². The van der Waals surface area contributed by atoms with Gasteiger partial charge in [0.2, 0.25) is 5.75 Å². The summed E-state index contributed by atoms with van der Waals surface area (Å²) in [6.45, 7) is 1.28. The highest BCUT2D eigenvalue weighted by Gasteiger charge is 2.39. The molecule has 0 radical (unpaired) electrons. The van der Waals surface area contributed by atoms with Gasteiger partial charge in [0.15, 0.2) is 34.5 Å². The molecule has 1 unspecified atom stereocenters. The number of benzene rings is 4. The number of phenolic OH excluding ortho intramolecular Hbond substituents is 1. The first-order chi connectivity index (χ1) is 22.2. The SMILES string of the molecule is COc1ccc2cc1Oc1ccc(cc1)C[C@@H]1c3cc(c(OC)cc3CCN1C)Oc1c(O)c(OC)cc3c1[C@@H](C2)[N+](C)([O-])CC3. The average molecular weight is 625 g/mol. The molecule has 4 aromatic rings. The van der Waals surface area contributed by atoms with E-state index in [9.17, 15) is 10.3 Å². The average Bonchev–Trinajstić information content (AvgIpc) is 3.05. The predicted octanol–water partition coefficient (Wildman–Crippen LogP) is 6.87. The molecular weight excluding hydrogens is 584 g/mol. The van der Waals surface area contributed by atoms with Crippen LogP contribution in [0.5, 0.6) is 46.0 Å². The summed E-state index contributed by atoms with van der Waals surface area (Å²) >= 11 is 0. The molecule has 4 aliphatic heterocycles. The molecule has 9 heteroatoms. The maximum absolute atomic E-state index is 14.3. The number of quaternary nitrogens is 1. The van der Waals surface area contributed by atoms with Crippen LogP contribution in [0.1, 0.15) is 45.5 Å². The lowest BCUT2D eigenvalue weighted by Gasteiger charge is -2.49. The molecule has 0 spiro atoms.